The largest absolute Gasteiger partial charge is 0.490 e. The van der Waals surface area contributed by atoms with Crippen LogP contribution in [0, 0.1) is 17.8 Å². The van der Waals surface area contributed by atoms with Gasteiger partial charge in [-0.3, -0.25) is 9.52 Å². The van der Waals surface area contributed by atoms with Gasteiger partial charge in [-0.15, -0.1) is 0 Å². The molecular weight excluding hydrogens is 554 g/mol. The Bertz CT molecular complexity index is 1330. The van der Waals surface area contributed by atoms with E-state index in [0.717, 1.165) is 87.1 Å². The van der Waals surface area contributed by atoms with Gasteiger partial charge in [0, 0.05) is 54.3 Å². The fourth-order valence-corrected chi connectivity index (χ4v) is 8.34. The maximum absolute atomic E-state index is 13.4. The van der Waals surface area contributed by atoms with Gasteiger partial charge in [0.15, 0.2) is 0 Å². The molecule has 1 spiro atoms. The van der Waals surface area contributed by atoms with E-state index >= 15 is 0 Å². The molecule has 0 saturated heterocycles. The van der Waals surface area contributed by atoms with Crippen molar-refractivity contribution in [3.05, 3.63) is 70.3 Å². The maximum atomic E-state index is 13.4. The first kappa shape index (κ1) is 27.6. The van der Waals surface area contributed by atoms with Crippen LogP contribution < -0.4 is 14.4 Å². The molecule has 2 saturated carbocycles. The van der Waals surface area contributed by atoms with Crippen LogP contribution in [0.5, 0.6) is 5.75 Å². The van der Waals surface area contributed by atoms with Crippen LogP contribution in [0.3, 0.4) is 0 Å². The highest BCUT2D eigenvalue weighted by molar-refractivity contribution is 7.95. The van der Waals surface area contributed by atoms with Crippen molar-refractivity contribution in [2.24, 2.45) is 17.8 Å². The van der Waals surface area contributed by atoms with E-state index in [4.69, 9.17) is 16.3 Å². The molecule has 3 aliphatic carbocycles. The number of carbonyl (C=O) groups is 1. The Balaban J connectivity index is 1.24. The van der Waals surface area contributed by atoms with Gasteiger partial charge in [0.25, 0.3) is 5.91 Å². The van der Waals surface area contributed by atoms with Gasteiger partial charge in [-0.1, -0.05) is 29.8 Å². The van der Waals surface area contributed by atoms with Gasteiger partial charge in [0.05, 0.1) is 18.4 Å². The molecule has 4 atom stereocenters. The van der Waals surface area contributed by atoms with Crippen molar-refractivity contribution in [2.75, 3.05) is 37.7 Å². The average molecular weight is 594 g/mol. The van der Waals surface area contributed by atoms with Gasteiger partial charge in [-0.05, 0) is 111 Å². The number of hydrogen-bond acceptors (Lipinski definition) is 6. The van der Waals surface area contributed by atoms with Gasteiger partial charge < -0.3 is 14.7 Å². The van der Waals surface area contributed by atoms with E-state index in [0.29, 0.717) is 18.1 Å². The van der Waals surface area contributed by atoms with Gasteiger partial charge in [-0.25, -0.2) is 4.31 Å². The number of nitrogens with zero attached hydrogens (tertiary/aromatic N) is 2. The summed E-state index contributed by atoms with van der Waals surface area (Å²) in [5.41, 5.74) is 4.14. The van der Waals surface area contributed by atoms with Crippen molar-refractivity contribution < 1.29 is 14.6 Å². The lowest BCUT2D eigenvalue weighted by atomic mass is 9.68. The zero-order valence-corrected chi connectivity index (χ0v) is 25.1. The minimum atomic E-state index is -0.425. The second kappa shape index (κ2) is 11.5. The molecule has 7 rings (SSSR count). The number of aliphatic hydroxyl groups excluding tert-OH is 1. The summed E-state index contributed by atoms with van der Waals surface area (Å²) in [5, 5.41) is 12.0. The fourth-order valence-electron chi connectivity index (χ4n) is 7.33. The van der Waals surface area contributed by atoms with E-state index in [-0.39, 0.29) is 17.2 Å². The molecule has 1 amide bonds. The van der Waals surface area contributed by atoms with Crippen molar-refractivity contribution in [2.45, 2.75) is 62.9 Å². The predicted molar refractivity (Wildman–Crippen MR) is 166 cm³/mol. The molecule has 5 aliphatic rings. The average Bonchev–Trinajstić information content (AvgIpc) is 3.78. The molecule has 2 bridgehead atoms. The maximum Gasteiger partial charge on any atom is 0.262 e. The van der Waals surface area contributed by atoms with Crippen LogP contribution in [0.15, 0.2) is 48.6 Å². The van der Waals surface area contributed by atoms with Crippen LogP contribution in [-0.2, 0) is 11.8 Å². The second-order valence-corrected chi connectivity index (χ2v) is 14.2. The molecule has 2 aliphatic heterocycles. The number of anilines is 1. The molecule has 218 valence electrons. The third-order valence-electron chi connectivity index (χ3n) is 9.97. The highest BCUT2D eigenvalue weighted by atomic mass is 35.5. The summed E-state index contributed by atoms with van der Waals surface area (Å²) in [7, 11) is 0. The monoisotopic (exact) mass is 593 g/mol. The summed E-state index contributed by atoms with van der Waals surface area (Å²) >= 11 is 7.83. The molecule has 0 radical (unpaired) electrons. The number of hydrogen-bond donors (Lipinski definition) is 2. The number of halogens is 1. The quantitative estimate of drug-likeness (QED) is 0.321. The van der Waals surface area contributed by atoms with Crippen molar-refractivity contribution in [3.8, 4) is 5.75 Å². The Hall–Kier alpha value is -2.19. The first-order valence-corrected chi connectivity index (χ1v) is 16.5. The van der Waals surface area contributed by atoms with E-state index in [1.807, 2.05) is 30.3 Å². The summed E-state index contributed by atoms with van der Waals surface area (Å²) in [4.78, 5) is 15.9. The summed E-state index contributed by atoms with van der Waals surface area (Å²) in [6.07, 6.45) is 12.4. The highest BCUT2D eigenvalue weighted by Crippen LogP contribution is 2.46. The zero-order chi connectivity index (χ0) is 28.0. The Morgan fingerprint density at radius 3 is 2.88 bits per heavy atom. The topological polar surface area (TPSA) is 65.0 Å². The molecule has 2 aromatic carbocycles. The smallest absolute Gasteiger partial charge is 0.262 e. The molecule has 2 heterocycles. The number of ether oxygens (including phenoxy) is 1. The summed E-state index contributed by atoms with van der Waals surface area (Å²) < 4.78 is 12.0. The van der Waals surface area contributed by atoms with Crippen molar-refractivity contribution >= 4 is 35.3 Å². The predicted octanol–water partition coefficient (Wildman–Crippen LogP) is 6.17. The van der Waals surface area contributed by atoms with E-state index in [2.05, 4.69) is 32.1 Å². The Morgan fingerprint density at radius 1 is 1.15 bits per heavy atom. The number of benzene rings is 2. The molecule has 41 heavy (non-hydrogen) atoms. The third kappa shape index (κ3) is 5.75. The van der Waals surface area contributed by atoms with E-state index in [9.17, 15) is 9.90 Å². The van der Waals surface area contributed by atoms with Gasteiger partial charge in [-0.2, -0.15) is 0 Å². The zero-order valence-electron chi connectivity index (χ0n) is 23.6. The Morgan fingerprint density at radius 2 is 2.05 bits per heavy atom. The number of amides is 1. The SMILES string of the molecule is O=C1NSN(CC2CC2)CC/C=C\[C@H](O)[C@@H]2CC[C@H]2CN2C[C@@]3(CCCc4cc(Cl)ccc43)COc3ccc1cc32. The molecule has 8 heteroatoms. The molecular formula is C33H40ClN3O3S. The fraction of sp³-hybridized carbons (Fsp3) is 0.545. The second-order valence-electron chi connectivity index (χ2n) is 12.8. The number of aliphatic hydroxyl groups is 1. The number of fused-ring (bicyclic) bond motifs is 4. The number of aryl methyl sites for hydroxylation is 1. The van der Waals surface area contributed by atoms with E-state index in [1.54, 1.807) is 0 Å². The molecule has 0 unspecified atom stereocenters. The van der Waals surface area contributed by atoms with Crippen molar-refractivity contribution in [1.82, 2.24) is 9.03 Å². The molecule has 2 fully saturated rings. The molecule has 2 N–H and O–H groups in total. The standard InChI is InChI=1S/C33H40ClN3O3S/c34-26-10-12-28-23(16-26)4-3-14-33(28)20-36-19-25-8-11-27(25)30(38)5-1-2-15-37(18-22-6-7-22)41-35-32(39)24-9-13-31(40-21-33)29(36)17-24/h1,5,9-10,12-13,16-17,22,25,27,30,38H,2-4,6-8,11,14-15,18-21H2,(H,35,39)/b5-1-/t25-,27+,30-,33-/m0/s1. The number of rotatable bonds is 2. The minimum absolute atomic E-state index is 0.0743. The number of carbonyl (C=O) groups excluding carboxylic acids is 1. The van der Waals surface area contributed by atoms with Gasteiger partial charge in [0.2, 0.25) is 0 Å². The first-order chi connectivity index (χ1) is 20.0. The summed E-state index contributed by atoms with van der Waals surface area (Å²) in [6, 6.07) is 12.2. The highest BCUT2D eigenvalue weighted by Gasteiger charge is 2.44. The normalized spacial score (nSPS) is 31.2. The van der Waals surface area contributed by atoms with Crippen LogP contribution in [-0.4, -0.2) is 54.2 Å². The first-order valence-electron chi connectivity index (χ1n) is 15.4. The molecule has 0 aromatic heterocycles. The Labute approximate surface area is 252 Å². The van der Waals surface area contributed by atoms with Crippen LogP contribution in [0.1, 0.15) is 66.4 Å². The molecule has 2 aromatic rings. The summed E-state index contributed by atoms with van der Waals surface area (Å²) in [5.74, 6) is 2.12. The van der Waals surface area contributed by atoms with Crippen LogP contribution in [0.4, 0.5) is 5.69 Å². The Kier molecular flexibility index (Phi) is 7.74. The van der Waals surface area contributed by atoms with E-state index < -0.39 is 6.10 Å². The summed E-state index contributed by atoms with van der Waals surface area (Å²) in [6.45, 7) is 4.08. The minimum Gasteiger partial charge on any atom is -0.490 e. The van der Waals surface area contributed by atoms with Crippen molar-refractivity contribution in [1.29, 1.82) is 0 Å². The van der Waals surface area contributed by atoms with Crippen molar-refractivity contribution in [3.63, 3.8) is 0 Å². The van der Waals surface area contributed by atoms with Crippen LogP contribution in [0.25, 0.3) is 0 Å². The lowest BCUT2D eigenvalue weighted by Crippen LogP contribution is -2.49. The van der Waals surface area contributed by atoms with Crippen LogP contribution in [0.2, 0.25) is 5.02 Å². The van der Waals surface area contributed by atoms with E-state index in [1.165, 1.54) is 36.1 Å². The van der Waals surface area contributed by atoms with Gasteiger partial charge in [0.1, 0.15) is 5.75 Å². The molecule has 6 nitrogen and oxygen atoms in total. The lowest BCUT2D eigenvalue weighted by Gasteiger charge is -2.45. The number of nitrogens with one attached hydrogen (secondary N) is 1. The van der Waals surface area contributed by atoms with Gasteiger partial charge >= 0.3 is 0 Å². The lowest BCUT2D eigenvalue weighted by molar-refractivity contribution is 0.0456. The van der Waals surface area contributed by atoms with Crippen LogP contribution >= 0.6 is 23.7 Å². The third-order valence-corrected chi connectivity index (χ3v) is 11.1.